The Morgan fingerprint density at radius 3 is 0.222 bits per heavy atom. The number of hydrogen-bond acceptors (Lipinski definition) is 0. The van der Waals surface area contributed by atoms with Gasteiger partial charge in [-0.3, -0.25) is 0 Å². The van der Waals surface area contributed by atoms with Crippen molar-refractivity contribution in [2.24, 2.45) is 0 Å². The van der Waals surface area contributed by atoms with Gasteiger partial charge < -0.3 is 38.3 Å². The zero-order chi connectivity index (χ0) is 0. The Hall–Kier alpha value is 0.967. The molecule has 0 aromatic carbocycles. The van der Waals surface area contributed by atoms with Gasteiger partial charge in [0.1, 0.15) is 0 Å². The molecule has 0 aliphatic heterocycles. The number of rotatable bonds is 0. The van der Waals surface area contributed by atoms with Gasteiger partial charge in [-0.1, -0.05) is 0 Å². The average Bonchev–Trinajstić information content (AvgIpc) is 0. The Balaban J connectivity index is 0. The zero-order valence-corrected chi connectivity index (χ0v) is 7.68. The molecule has 7 nitrogen and oxygen atoms in total. The molecule has 0 unspecified atom stereocenters. The molecule has 0 atom stereocenters. The van der Waals surface area contributed by atoms with E-state index in [0.29, 0.717) is 0 Å². The van der Waals surface area contributed by atoms with Crippen LogP contribution in [0.2, 0.25) is 0 Å². The van der Waals surface area contributed by atoms with Crippen molar-refractivity contribution in [2.75, 3.05) is 0 Å². The van der Waals surface area contributed by atoms with E-state index in [9.17, 15) is 0 Å². The molecule has 0 amide bonds. The van der Waals surface area contributed by atoms with Gasteiger partial charge in [-0.25, -0.2) is 0 Å². The molecule has 0 saturated heterocycles. The molecule has 0 aromatic rings. The zero-order valence-electron chi connectivity index (χ0n) is 4.21. The summed E-state index contributed by atoms with van der Waals surface area (Å²) in [5.74, 6) is 0. The Bertz CT molecular complexity index is 6.88. The monoisotopic (exact) mass is 330 g/mol. The summed E-state index contributed by atoms with van der Waals surface area (Å²) < 4.78 is 0. The second-order valence-electron chi connectivity index (χ2n) is 0. The topological polar surface area (TPSA) is 220 Å². The summed E-state index contributed by atoms with van der Waals surface area (Å²) in [7, 11) is 0. The summed E-state index contributed by atoms with van der Waals surface area (Å²) in [6.45, 7) is 0. The van der Waals surface area contributed by atoms with Crippen LogP contribution in [-0.4, -0.2) is 38.3 Å². The van der Waals surface area contributed by atoms with Crippen LogP contribution < -0.4 is 0 Å². The van der Waals surface area contributed by atoms with Crippen LogP contribution in [0.4, 0.5) is 0 Å². The molecule has 0 fully saturated rings. The van der Waals surface area contributed by atoms with Crippen molar-refractivity contribution in [2.45, 2.75) is 0 Å². The van der Waals surface area contributed by atoms with Gasteiger partial charge in [0, 0.05) is 39.0 Å². The molecule has 0 rings (SSSR count). The molecule has 0 aliphatic carbocycles. The predicted molar refractivity (Wildman–Crippen MR) is 25.3 cm³/mol. The van der Waals surface area contributed by atoms with E-state index < -0.39 is 0 Å². The summed E-state index contributed by atoms with van der Waals surface area (Å²) in [5, 5.41) is 0. The van der Waals surface area contributed by atoms with Crippen molar-refractivity contribution in [3.63, 3.8) is 0 Å². The second-order valence-corrected chi connectivity index (χ2v) is 0. The first-order valence-corrected chi connectivity index (χ1v) is 0. The van der Waals surface area contributed by atoms with Crippen molar-refractivity contribution in [1.29, 1.82) is 0 Å². The van der Waals surface area contributed by atoms with Crippen molar-refractivity contribution in [1.82, 2.24) is 0 Å². The predicted octanol–water partition coefficient (Wildman–Crippen LogP) is -5.78. The molecule has 0 radical (unpaired) electrons. The van der Waals surface area contributed by atoms with E-state index in [4.69, 9.17) is 0 Å². The first-order chi connectivity index (χ1) is 0. The van der Waals surface area contributed by atoms with E-state index in [0.717, 1.165) is 0 Å². The molecular weight excluding hydrogens is 314 g/mol. The molecule has 0 saturated carbocycles. The van der Waals surface area contributed by atoms with E-state index in [1.165, 1.54) is 0 Å². The summed E-state index contributed by atoms with van der Waals surface area (Å²) in [6, 6.07) is 0. The molecule has 9 heteroatoms. The van der Waals surface area contributed by atoms with Crippen molar-refractivity contribution in [3.8, 4) is 0 Å². The summed E-state index contributed by atoms with van der Waals surface area (Å²) in [6.07, 6.45) is 0. The third kappa shape index (κ3) is 466. The molecule has 72 valence electrons. The van der Waals surface area contributed by atoms with Gasteiger partial charge in [-0.15, -0.1) is 0 Å². The molecular formula is H14O7Ru2. The minimum Gasteiger partial charge on any atom is -0.412 e. The maximum absolute atomic E-state index is 0. The fourth-order valence-corrected chi connectivity index (χ4v) is 0. The SMILES string of the molecule is O.O.O.O.O.O.O.[Ru].[Ru]. The van der Waals surface area contributed by atoms with Gasteiger partial charge in [0.05, 0.1) is 0 Å². The van der Waals surface area contributed by atoms with Crippen LogP contribution in [0.25, 0.3) is 0 Å². The van der Waals surface area contributed by atoms with Crippen LogP contribution >= 0.6 is 0 Å². The van der Waals surface area contributed by atoms with Gasteiger partial charge in [-0.05, 0) is 0 Å². The van der Waals surface area contributed by atoms with E-state index in [1.54, 1.807) is 0 Å². The average molecular weight is 328 g/mol. The fourth-order valence-electron chi connectivity index (χ4n) is 0. The van der Waals surface area contributed by atoms with Gasteiger partial charge in [0.2, 0.25) is 0 Å². The maximum atomic E-state index is 0. The normalized spacial score (nSPS) is 0. The fraction of sp³-hybridized carbons (Fsp3) is 0. The summed E-state index contributed by atoms with van der Waals surface area (Å²) in [4.78, 5) is 0. The molecule has 14 N–H and O–H groups in total. The quantitative estimate of drug-likeness (QED) is 0.379. The van der Waals surface area contributed by atoms with Gasteiger partial charge in [0.15, 0.2) is 0 Å². The van der Waals surface area contributed by atoms with Crippen LogP contribution in [0.1, 0.15) is 0 Å². The summed E-state index contributed by atoms with van der Waals surface area (Å²) >= 11 is 0. The standard InChI is InChI=1S/7H2O.2Ru/h7*1H2;;. The Labute approximate surface area is 77.5 Å². The van der Waals surface area contributed by atoms with Gasteiger partial charge >= 0.3 is 0 Å². The maximum Gasteiger partial charge on any atom is 0 e. The Morgan fingerprint density at radius 1 is 0.222 bits per heavy atom. The second kappa shape index (κ2) is 609. The van der Waals surface area contributed by atoms with Crippen molar-refractivity contribution in [3.05, 3.63) is 0 Å². The summed E-state index contributed by atoms with van der Waals surface area (Å²) in [5.41, 5.74) is 0. The number of hydrogen-bond donors (Lipinski definition) is 0. The van der Waals surface area contributed by atoms with E-state index in [-0.39, 0.29) is 77.3 Å². The molecule has 0 spiro atoms. The molecule has 9 heavy (non-hydrogen) atoms. The molecule has 0 bridgehead atoms. The van der Waals surface area contributed by atoms with E-state index in [2.05, 4.69) is 0 Å². The van der Waals surface area contributed by atoms with Crippen LogP contribution in [0.15, 0.2) is 0 Å². The van der Waals surface area contributed by atoms with Gasteiger partial charge in [-0.2, -0.15) is 0 Å². The third-order valence-electron chi connectivity index (χ3n) is 0. The minimum atomic E-state index is 0. The first kappa shape index (κ1) is 857. The molecule has 0 heterocycles. The van der Waals surface area contributed by atoms with Crippen LogP contribution in [-0.2, 0) is 39.0 Å². The van der Waals surface area contributed by atoms with Gasteiger partial charge in [0.25, 0.3) is 0 Å². The smallest absolute Gasteiger partial charge is 0 e. The van der Waals surface area contributed by atoms with E-state index in [1.807, 2.05) is 0 Å². The molecule has 0 aromatic heterocycles. The minimum absolute atomic E-state index is 0. The van der Waals surface area contributed by atoms with Crippen LogP contribution in [0.3, 0.4) is 0 Å². The van der Waals surface area contributed by atoms with Crippen molar-refractivity contribution >= 4 is 0 Å². The first-order valence-electron chi connectivity index (χ1n) is 0. The third-order valence-corrected chi connectivity index (χ3v) is 0. The van der Waals surface area contributed by atoms with E-state index >= 15 is 0 Å². The van der Waals surface area contributed by atoms with Crippen LogP contribution in [0.5, 0.6) is 0 Å². The largest absolute Gasteiger partial charge is 0.412 e. The van der Waals surface area contributed by atoms with Crippen molar-refractivity contribution < 1.29 is 77.3 Å². The van der Waals surface area contributed by atoms with Crippen LogP contribution in [0, 0.1) is 0 Å². The molecule has 0 aliphatic rings. The Morgan fingerprint density at radius 2 is 0.222 bits per heavy atom. The Kier molecular flexibility index (Phi) is 58000.